The average molecular weight is 144 g/mol. The van der Waals surface area contributed by atoms with Crippen molar-refractivity contribution < 1.29 is 4.79 Å². The molecule has 0 aliphatic heterocycles. The van der Waals surface area contributed by atoms with Crippen LogP contribution in [0.25, 0.3) is 0 Å². The lowest BCUT2D eigenvalue weighted by atomic mass is 10.2. The summed E-state index contributed by atoms with van der Waals surface area (Å²) in [5.74, 6) is 0.0869. The third kappa shape index (κ3) is 4.14. The molecule has 0 rings (SSSR count). The van der Waals surface area contributed by atoms with Crippen LogP contribution in [0.5, 0.6) is 0 Å². The van der Waals surface area contributed by atoms with Gasteiger partial charge in [0, 0.05) is 6.42 Å². The van der Waals surface area contributed by atoms with Crippen LogP contribution in [0.2, 0.25) is 0 Å². The standard InChI is InChI=1S/C6H12N2O2/c1-5(9)3-4-6(7-2)8-10/h6-7H,3-4H2,1-2H3. The van der Waals surface area contributed by atoms with Gasteiger partial charge < -0.3 is 4.79 Å². The summed E-state index contributed by atoms with van der Waals surface area (Å²) >= 11 is 0. The summed E-state index contributed by atoms with van der Waals surface area (Å²) in [4.78, 5) is 20.3. The number of Topliss-reactive ketones (excluding diaryl/α,β-unsaturated/α-hetero) is 1. The molecule has 0 saturated heterocycles. The molecule has 0 amide bonds. The summed E-state index contributed by atoms with van der Waals surface area (Å²) < 4.78 is 0. The number of carbonyl (C=O) groups is 1. The van der Waals surface area contributed by atoms with Crippen LogP contribution in [0.3, 0.4) is 0 Å². The third-order valence-electron chi connectivity index (χ3n) is 1.23. The molecule has 0 bridgehead atoms. The van der Waals surface area contributed by atoms with Crippen molar-refractivity contribution in [2.24, 2.45) is 5.18 Å². The normalized spacial score (nSPS) is 12.6. The fourth-order valence-corrected chi connectivity index (χ4v) is 0.590. The molecular weight excluding hydrogens is 132 g/mol. The summed E-state index contributed by atoms with van der Waals surface area (Å²) in [6, 6.07) is 0. The minimum atomic E-state index is -0.413. The highest BCUT2D eigenvalue weighted by Gasteiger charge is 2.05. The SMILES string of the molecule is CNC(CCC(C)=O)N=O. The summed E-state index contributed by atoms with van der Waals surface area (Å²) in [6.07, 6.45) is 0.496. The quantitative estimate of drug-likeness (QED) is 0.577. The Kier molecular flexibility index (Phi) is 4.66. The number of hydrogen-bond donors (Lipinski definition) is 1. The van der Waals surface area contributed by atoms with Crippen LogP contribution in [-0.2, 0) is 4.79 Å². The Morgan fingerprint density at radius 1 is 1.70 bits per heavy atom. The van der Waals surface area contributed by atoms with Gasteiger partial charge in [0.2, 0.25) is 0 Å². The Hall–Kier alpha value is -0.770. The Morgan fingerprint density at radius 3 is 2.60 bits per heavy atom. The topological polar surface area (TPSA) is 58.5 Å². The van der Waals surface area contributed by atoms with Gasteiger partial charge in [0.1, 0.15) is 11.9 Å². The van der Waals surface area contributed by atoms with Crippen molar-refractivity contribution in [1.29, 1.82) is 0 Å². The van der Waals surface area contributed by atoms with Crippen LogP contribution in [-0.4, -0.2) is 19.0 Å². The van der Waals surface area contributed by atoms with Crippen molar-refractivity contribution in [1.82, 2.24) is 5.32 Å². The Balaban J connectivity index is 3.44. The van der Waals surface area contributed by atoms with E-state index in [0.717, 1.165) is 0 Å². The number of rotatable bonds is 5. The predicted octanol–water partition coefficient (Wildman–Crippen LogP) is 0.667. The molecular formula is C6H12N2O2. The van der Waals surface area contributed by atoms with Crippen molar-refractivity contribution in [3.8, 4) is 0 Å². The highest BCUT2D eigenvalue weighted by molar-refractivity contribution is 5.75. The Labute approximate surface area is 60.0 Å². The number of hydrogen-bond acceptors (Lipinski definition) is 4. The van der Waals surface area contributed by atoms with E-state index >= 15 is 0 Å². The summed E-state index contributed by atoms with van der Waals surface area (Å²) in [5, 5.41) is 5.44. The van der Waals surface area contributed by atoms with Crippen molar-refractivity contribution in [2.45, 2.75) is 25.9 Å². The molecule has 0 aliphatic carbocycles. The number of nitroso groups, excluding NO2 is 1. The minimum Gasteiger partial charge on any atom is -0.300 e. The van der Waals surface area contributed by atoms with Crippen LogP contribution < -0.4 is 5.32 Å². The summed E-state index contributed by atoms with van der Waals surface area (Å²) in [6.45, 7) is 1.50. The monoisotopic (exact) mass is 144 g/mol. The first-order chi connectivity index (χ1) is 4.70. The van der Waals surface area contributed by atoms with Gasteiger partial charge in [0.25, 0.3) is 0 Å². The summed E-state index contributed by atoms with van der Waals surface area (Å²) in [7, 11) is 1.65. The van der Waals surface area contributed by atoms with E-state index in [1.165, 1.54) is 6.92 Å². The molecule has 0 aliphatic rings. The highest BCUT2D eigenvalue weighted by Crippen LogP contribution is 1.97. The fraction of sp³-hybridized carbons (Fsp3) is 0.833. The molecule has 0 aromatic heterocycles. The van der Waals surface area contributed by atoms with Crippen LogP contribution in [0.1, 0.15) is 19.8 Å². The average Bonchev–Trinajstić information content (AvgIpc) is 1.90. The van der Waals surface area contributed by atoms with Crippen LogP contribution in [0.15, 0.2) is 5.18 Å². The molecule has 10 heavy (non-hydrogen) atoms. The second-order valence-corrected chi connectivity index (χ2v) is 2.15. The van der Waals surface area contributed by atoms with Crippen LogP contribution in [0.4, 0.5) is 0 Å². The van der Waals surface area contributed by atoms with Crippen LogP contribution >= 0.6 is 0 Å². The van der Waals surface area contributed by atoms with E-state index in [0.29, 0.717) is 12.8 Å². The molecule has 0 saturated carbocycles. The second kappa shape index (κ2) is 5.05. The maximum atomic E-state index is 10.4. The summed E-state index contributed by atoms with van der Waals surface area (Å²) in [5.41, 5.74) is 0. The molecule has 4 heteroatoms. The lowest BCUT2D eigenvalue weighted by molar-refractivity contribution is -0.117. The number of nitrogens with zero attached hydrogens (tertiary/aromatic N) is 1. The number of carbonyl (C=O) groups excluding carboxylic acids is 1. The Bertz CT molecular complexity index is 125. The molecule has 0 spiro atoms. The molecule has 0 heterocycles. The van der Waals surface area contributed by atoms with Gasteiger partial charge >= 0.3 is 0 Å². The van der Waals surface area contributed by atoms with E-state index in [4.69, 9.17) is 0 Å². The van der Waals surface area contributed by atoms with E-state index in [2.05, 4.69) is 10.5 Å². The van der Waals surface area contributed by atoms with Crippen molar-refractivity contribution in [3.63, 3.8) is 0 Å². The van der Waals surface area contributed by atoms with Crippen molar-refractivity contribution in [2.75, 3.05) is 7.05 Å². The van der Waals surface area contributed by atoms with E-state index in [1.54, 1.807) is 7.05 Å². The molecule has 0 radical (unpaired) electrons. The molecule has 0 fully saturated rings. The second-order valence-electron chi connectivity index (χ2n) is 2.15. The van der Waals surface area contributed by atoms with E-state index in [-0.39, 0.29) is 5.78 Å². The van der Waals surface area contributed by atoms with E-state index < -0.39 is 6.17 Å². The number of ketones is 1. The zero-order chi connectivity index (χ0) is 7.98. The number of nitrogens with one attached hydrogen (secondary N) is 1. The maximum absolute atomic E-state index is 10.4. The first-order valence-electron chi connectivity index (χ1n) is 3.20. The van der Waals surface area contributed by atoms with Gasteiger partial charge in [-0.1, -0.05) is 5.18 Å². The van der Waals surface area contributed by atoms with Gasteiger partial charge in [-0.05, 0) is 20.4 Å². The lowest BCUT2D eigenvalue weighted by Gasteiger charge is -2.03. The van der Waals surface area contributed by atoms with Gasteiger partial charge in [-0.25, -0.2) is 0 Å². The van der Waals surface area contributed by atoms with Gasteiger partial charge in [-0.2, -0.15) is 0 Å². The van der Waals surface area contributed by atoms with E-state index in [1.807, 2.05) is 0 Å². The Morgan fingerprint density at radius 2 is 2.30 bits per heavy atom. The minimum absolute atomic E-state index is 0.0869. The van der Waals surface area contributed by atoms with Gasteiger partial charge in [0.15, 0.2) is 0 Å². The molecule has 58 valence electrons. The molecule has 4 nitrogen and oxygen atoms in total. The lowest BCUT2D eigenvalue weighted by Crippen LogP contribution is -2.22. The van der Waals surface area contributed by atoms with Gasteiger partial charge in [-0.15, -0.1) is 4.91 Å². The van der Waals surface area contributed by atoms with Crippen molar-refractivity contribution in [3.05, 3.63) is 4.91 Å². The molecule has 1 atom stereocenters. The fourth-order valence-electron chi connectivity index (χ4n) is 0.590. The smallest absolute Gasteiger partial charge is 0.142 e. The molecule has 1 unspecified atom stereocenters. The molecule has 1 N–H and O–H groups in total. The maximum Gasteiger partial charge on any atom is 0.142 e. The molecule has 0 aromatic rings. The third-order valence-corrected chi connectivity index (χ3v) is 1.23. The largest absolute Gasteiger partial charge is 0.300 e. The van der Waals surface area contributed by atoms with Crippen molar-refractivity contribution >= 4 is 5.78 Å². The molecule has 0 aromatic carbocycles. The highest BCUT2D eigenvalue weighted by atomic mass is 16.3. The van der Waals surface area contributed by atoms with E-state index in [9.17, 15) is 9.70 Å². The van der Waals surface area contributed by atoms with Gasteiger partial charge in [0.05, 0.1) is 0 Å². The zero-order valence-corrected chi connectivity index (χ0v) is 6.26. The first kappa shape index (κ1) is 9.23. The van der Waals surface area contributed by atoms with Crippen LogP contribution in [0, 0.1) is 4.91 Å². The van der Waals surface area contributed by atoms with Gasteiger partial charge in [-0.3, -0.25) is 5.32 Å². The zero-order valence-electron chi connectivity index (χ0n) is 6.26. The first-order valence-corrected chi connectivity index (χ1v) is 3.20. The predicted molar refractivity (Wildman–Crippen MR) is 38.6 cm³/mol.